The van der Waals surface area contributed by atoms with E-state index in [0.717, 1.165) is 0 Å². The molecular formula is C9H9BrFNO2. The van der Waals surface area contributed by atoms with Gasteiger partial charge in [-0.25, -0.2) is 4.39 Å². The first-order valence-electron chi connectivity index (χ1n) is 3.95. The minimum absolute atomic E-state index is 0.175. The van der Waals surface area contributed by atoms with Gasteiger partial charge in [-0.3, -0.25) is 4.79 Å². The van der Waals surface area contributed by atoms with E-state index in [1.807, 2.05) is 0 Å². The van der Waals surface area contributed by atoms with Crippen LogP contribution in [0.15, 0.2) is 22.7 Å². The van der Waals surface area contributed by atoms with Crippen LogP contribution in [0.4, 0.5) is 10.1 Å². The molecule has 1 rings (SSSR count). The summed E-state index contributed by atoms with van der Waals surface area (Å²) in [5.41, 5.74) is 0.175. The molecule has 0 heterocycles. The summed E-state index contributed by atoms with van der Waals surface area (Å²) in [6.45, 7) is 1.45. The minimum Gasteiger partial charge on any atom is -0.480 e. The van der Waals surface area contributed by atoms with E-state index in [-0.39, 0.29) is 5.69 Å². The van der Waals surface area contributed by atoms with Gasteiger partial charge < -0.3 is 10.4 Å². The average molecular weight is 262 g/mol. The average Bonchev–Trinajstić information content (AvgIpc) is 2.11. The summed E-state index contributed by atoms with van der Waals surface area (Å²) in [6, 6.07) is 3.49. The molecule has 76 valence electrons. The minimum atomic E-state index is -1.02. The molecule has 0 aliphatic carbocycles. The number of benzene rings is 1. The largest absolute Gasteiger partial charge is 0.480 e. The SMILES string of the molecule is CC(Nc1cc(Br)ccc1F)C(=O)O. The summed E-state index contributed by atoms with van der Waals surface area (Å²) in [5.74, 6) is -1.49. The third-order valence-corrected chi connectivity index (χ3v) is 2.16. The molecule has 0 radical (unpaired) electrons. The molecule has 0 bridgehead atoms. The van der Waals surface area contributed by atoms with Gasteiger partial charge in [-0.2, -0.15) is 0 Å². The summed E-state index contributed by atoms with van der Waals surface area (Å²) >= 11 is 3.17. The molecule has 0 amide bonds. The molecule has 0 spiro atoms. The lowest BCUT2D eigenvalue weighted by Crippen LogP contribution is -2.25. The number of rotatable bonds is 3. The van der Waals surface area contributed by atoms with Crippen molar-refractivity contribution >= 4 is 27.6 Å². The Morgan fingerprint density at radius 1 is 1.64 bits per heavy atom. The van der Waals surface area contributed by atoms with Crippen LogP contribution >= 0.6 is 15.9 Å². The number of aliphatic carboxylic acids is 1. The molecule has 0 saturated heterocycles. The van der Waals surface area contributed by atoms with E-state index < -0.39 is 17.8 Å². The second-order valence-electron chi connectivity index (χ2n) is 2.83. The Morgan fingerprint density at radius 3 is 2.86 bits per heavy atom. The van der Waals surface area contributed by atoms with Gasteiger partial charge in [0, 0.05) is 4.47 Å². The number of nitrogens with one attached hydrogen (secondary N) is 1. The van der Waals surface area contributed by atoms with Crippen LogP contribution in [0.3, 0.4) is 0 Å². The summed E-state index contributed by atoms with van der Waals surface area (Å²) in [5, 5.41) is 11.2. The van der Waals surface area contributed by atoms with E-state index in [4.69, 9.17) is 5.11 Å². The first-order valence-corrected chi connectivity index (χ1v) is 4.74. The van der Waals surface area contributed by atoms with Crippen molar-refractivity contribution in [1.82, 2.24) is 0 Å². The first-order chi connectivity index (χ1) is 6.50. The van der Waals surface area contributed by atoms with Crippen molar-refractivity contribution in [2.24, 2.45) is 0 Å². The standard InChI is InChI=1S/C9H9BrFNO2/c1-5(9(13)14)12-8-4-6(10)2-3-7(8)11/h2-5,12H,1H3,(H,13,14). The predicted molar refractivity (Wildman–Crippen MR) is 54.8 cm³/mol. The second kappa shape index (κ2) is 4.41. The zero-order chi connectivity index (χ0) is 10.7. The number of anilines is 1. The van der Waals surface area contributed by atoms with Crippen molar-refractivity contribution in [1.29, 1.82) is 0 Å². The van der Waals surface area contributed by atoms with Crippen LogP contribution in [0, 0.1) is 5.82 Å². The van der Waals surface area contributed by atoms with Gasteiger partial charge in [0.2, 0.25) is 0 Å². The van der Waals surface area contributed by atoms with Gasteiger partial charge in [-0.15, -0.1) is 0 Å². The second-order valence-corrected chi connectivity index (χ2v) is 3.74. The summed E-state index contributed by atoms with van der Waals surface area (Å²) in [6.07, 6.45) is 0. The number of halogens is 2. The maximum atomic E-state index is 13.1. The summed E-state index contributed by atoms with van der Waals surface area (Å²) < 4.78 is 13.8. The van der Waals surface area contributed by atoms with Crippen molar-refractivity contribution in [3.63, 3.8) is 0 Å². The Bertz CT molecular complexity index is 357. The lowest BCUT2D eigenvalue weighted by molar-refractivity contribution is -0.137. The smallest absolute Gasteiger partial charge is 0.325 e. The maximum Gasteiger partial charge on any atom is 0.325 e. The van der Waals surface area contributed by atoms with Crippen LogP contribution in [-0.2, 0) is 4.79 Å². The quantitative estimate of drug-likeness (QED) is 0.879. The third-order valence-electron chi connectivity index (χ3n) is 1.67. The fourth-order valence-electron chi connectivity index (χ4n) is 0.903. The number of carbonyl (C=O) groups is 1. The monoisotopic (exact) mass is 261 g/mol. The molecule has 1 unspecified atom stereocenters. The molecule has 2 N–H and O–H groups in total. The number of carboxylic acids is 1. The Labute approximate surface area is 89.1 Å². The molecule has 1 atom stereocenters. The third kappa shape index (κ3) is 2.70. The normalized spacial score (nSPS) is 12.2. The Balaban J connectivity index is 2.85. The highest BCUT2D eigenvalue weighted by Gasteiger charge is 2.12. The van der Waals surface area contributed by atoms with Crippen molar-refractivity contribution in [3.05, 3.63) is 28.5 Å². The van der Waals surface area contributed by atoms with Crippen LogP contribution in [-0.4, -0.2) is 17.1 Å². The van der Waals surface area contributed by atoms with Gasteiger partial charge in [-0.05, 0) is 25.1 Å². The fourth-order valence-corrected chi connectivity index (χ4v) is 1.26. The van der Waals surface area contributed by atoms with E-state index >= 15 is 0 Å². The van der Waals surface area contributed by atoms with Crippen LogP contribution in [0.25, 0.3) is 0 Å². The Hall–Kier alpha value is -1.10. The first kappa shape index (κ1) is 11.0. The van der Waals surface area contributed by atoms with E-state index in [2.05, 4.69) is 21.2 Å². The Kier molecular flexibility index (Phi) is 3.46. The number of carboxylic acid groups (broad SMARTS) is 1. The summed E-state index contributed by atoms with van der Waals surface area (Å²) in [7, 11) is 0. The zero-order valence-electron chi connectivity index (χ0n) is 7.42. The topological polar surface area (TPSA) is 49.3 Å². The fraction of sp³-hybridized carbons (Fsp3) is 0.222. The molecule has 3 nitrogen and oxygen atoms in total. The predicted octanol–water partition coefficient (Wildman–Crippen LogP) is 2.47. The molecular weight excluding hydrogens is 253 g/mol. The maximum absolute atomic E-state index is 13.1. The molecule has 14 heavy (non-hydrogen) atoms. The van der Waals surface area contributed by atoms with Crippen LogP contribution in [0.1, 0.15) is 6.92 Å². The summed E-state index contributed by atoms with van der Waals surface area (Å²) in [4.78, 5) is 10.5. The molecule has 0 aromatic heterocycles. The lowest BCUT2D eigenvalue weighted by Gasteiger charge is -2.11. The van der Waals surface area contributed by atoms with Gasteiger partial charge in [0.25, 0.3) is 0 Å². The van der Waals surface area contributed by atoms with Crippen LogP contribution in [0.2, 0.25) is 0 Å². The van der Waals surface area contributed by atoms with Crippen molar-refractivity contribution in [3.8, 4) is 0 Å². The Morgan fingerprint density at radius 2 is 2.29 bits per heavy atom. The highest BCUT2D eigenvalue weighted by molar-refractivity contribution is 9.10. The van der Waals surface area contributed by atoms with Crippen molar-refractivity contribution in [2.45, 2.75) is 13.0 Å². The molecule has 0 aliphatic rings. The van der Waals surface area contributed by atoms with Gasteiger partial charge >= 0.3 is 5.97 Å². The van der Waals surface area contributed by atoms with Crippen LogP contribution < -0.4 is 5.32 Å². The van der Waals surface area contributed by atoms with E-state index in [1.165, 1.54) is 19.1 Å². The van der Waals surface area contributed by atoms with Crippen LogP contribution in [0.5, 0.6) is 0 Å². The highest BCUT2D eigenvalue weighted by Crippen LogP contribution is 2.20. The van der Waals surface area contributed by atoms with Gasteiger partial charge in [0.15, 0.2) is 0 Å². The molecule has 0 aliphatic heterocycles. The molecule has 5 heteroatoms. The van der Waals surface area contributed by atoms with Crippen molar-refractivity contribution in [2.75, 3.05) is 5.32 Å². The number of hydrogen-bond acceptors (Lipinski definition) is 2. The number of hydrogen-bond donors (Lipinski definition) is 2. The van der Waals surface area contributed by atoms with Gasteiger partial charge in [-0.1, -0.05) is 15.9 Å². The van der Waals surface area contributed by atoms with Gasteiger partial charge in [0.1, 0.15) is 11.9 Å². The van der Waals surface area contributed by atoms with E-state index in [9.17, 15) is 9.18 Å². The van der Waals surface area contributed by atoms with Gasteiger partial charge in [0.05, 0.1) is 5.69 Å². The highest BCUT2D eigenvalue weighted by atomic mass is 79.9. The molecule has 1 aromatic rings. The molecule has 0 fully saturated rings. The lowest BCUT2D eigenvalue weighted by atomic mass is 10.2. The zero-order valence-corrected chi connectivity index (χ0v) is 9.01. The van der Waals surface area contributed by atoms with E-state index in [1.54, 1.807) is 6.07 Å². The van der Waals surface area contributed by atoms with Crippen molar-refractivity contribution < 1.29 is 14.3 Å². The molecule has 1 aromatic carbocycles. The van der Waals surface area contributed by atoms with E-state index in [0.29, 0.717) is 4.47 Å². The molecule has 0 saturated carbocycles.